The molecule has 8 atom stereocenters. The predicted octanol–water partition coefficient (Wildman–Crippen LogP) is 6.16. The van der Waals surface area contributed by atoms with E-state index >= 15 is 0 Å². The van der Waals surface area contributed by atoms with E-state index in [0.717, 1.165) is 51.4 Å². The molecule has 0 radical (unpaired) electrons. The molecule has 8 unspecified atom stereocenters. The van der Waals surface area contributed by atoms with Gasteiger partial charge in [-0.25, -0.2) is 0 Å². The van der Waals surface area contributed by atoms with Gasteiger partial charge >= 0.3 is 5.97 Å². The SMILES string of the molecule is CC(C)(C)C(=O)OCOC1CCC2(C)C(CCC3C2CCC2(C)C(C4=COCC=C4)CCC32O)C1. The lowest BCUT2D eigenvalue weighted by molar-refractivity contribution is -0.213. The second-order valence-electron chi connectivity index (χ2n) is 13.7. The number of allylic oxidation sites excluding steroid dienone is 2. The molecular formula is C30H46O5. The van der Waals surface area contributed by atoms with Crippen molar-refractivity contribution in [3.63, 3.8) is 0 Å². The van der Waals surface area contributed by atoms with Crippen LogP contribution in [-0.4, -0.2) is 36.2 Å². The molecule has 0 aromatic heterocycles. The van der Waals surface area contributed by atoms with E-state index in [1.54, 1.807) is 0 Å². The van der Waals surface area contributed by atoms with E-state index in [2.05, 4.69) is 26.0 Å². The van der Waals surface area contributed by atoms with Crippen LogP contribution < -0.4 is 0 Å². The van der Waals surface area contributed by atoms with Crippen LogP contribution in [0.1, 0.15) is 92.4 Å². The molecule has 5 nitrogen and oxygen atoms in total. The molecule has 5 aliphatic rings. The Morgan fingerprint density at radius 3 is 2.60 bits per heavy atom. The second kappa shape index (κ2) is 8.90. The van der Waals surface area contributed by atoms with Gasteiger partial charge in [0.2, 0.25) is 0 Å². The molecule has 0 spiro atoms. The van der Waals surface area contributed by atoms with Gasteiger partial charge in [-0.1, -0.05) is 19.9 Å². The molecular weight excluding hydrogens is 440 g/mol. The summed E-state index contributed by atoms with van der Waals surface area (Å²) in [4.78, 5) is 12.1. The summed E-state index contributed by atoms with van der Waals surface area (Å²) in [5, 5.41) is 12.4. The van der Waals surface area contributed by atoms with E-state index in [0.29, 0.717) is 30.3 Å². The van der Waals surface area contributed by atoms with Crippen LogP contribution in [0.15, 0.2) is 24.0 Å². The molecule has 4 saturated carbocycles. The summed E-state index contributed by atoms with van der Waals surface area (Å²) in [6, 6.07) is 0. The van der Waals surface area contributed by atoms with Crippen molar-refractivity contribution in [3.05, 3.63) is 24.0 Å². The fourth-order valence-electron chi connectivity index (χ4n) is 8.89. The molecule has 4 fully saturated rings. The van der Waals surface area contributed by atoms with Crippen LogP contribution in [0, 0.1) is 39.9 Å². The first-order chi connectivity index (χ1) is 16.5. The van der Waals surface area contributed by atoms with Gasteiger partial charge in [0, 0.05) is 5.41 Å². The first-order valence-corrected chi connectivity index (χ1v) is 14.0. The first-order valence-electron chi connectivity index (χ1n) is 14.0. The molecule has 0 amide bonds. The number of carbonyl (C=O) groups is 1. The number of rotatable bonds is 4. The topological polar surface area (TPSA) is 65.0 Å². The van der Waals surface area contributed by atoms with Crippen LogP contribution in [0.3, 0.4) is 0 Å². The molecule has 35 heavy (non-hydrogen) atoms. The summed E-state index contributed by atoms with van der Waals surface area (Å²) in [7, 11) is 0. The quantitative estimate of drug-likeness (QED) is 0.381. The maximum Gasteiger partial charge on any atom is 0.313 e. The largest absolute Gasteiger partial charge is 0.497 e. The summed E-state index contributed by atoms with van der Waals surface area (Å²) in [5.41, 5.74) is 0.366. The Balaban J connectivity index is 1.26. The third-order valence-electron chi connectivity index (χ3n) is 11.0. The van der Waals surface area contributed by atoms with Gasteiger partial charge in [-0.15, -0.1) is 0 Å². The van der Waals surface area contributed by atoms with E-state index < -0.39 is 11.0 Å². The fourth-order valence-corrected chi connectivity index (χ4v) is 8.89. The number of fused-ring (bicyclic) bond motifs is 5. The van der Waals surface area contributed by atoms with Crippen molar-refractivity contribution in [2.75, 3.05) is 13.4 Å². The van der Waals surface area contributed by atoms with E-state index in [1.807, 2.05) is 27.0 Å². The van der Waals surface area contributed by atoms with Gasteiger partial charge in [-0.2, -0.15) is 0 Å². The summed E-state index contributed by atoms with van der Waals surface area (Å²) in [6.45, 7) is 11.2. The highest BCUT2D eigenvalue weighted by Gasteiger charge is 2.67. The monoisotopic (exact) mass is 486 g/mol. The average Bonchev–Trinajstić information content (AvgIpc) is 3.10. The first kappa shape index (κ1) is 25.3. The number of hydrogen-bond acceptors (Lipinski definition) is 5. The molecule has 0 saturated heterocycles. The molecule has 5 heteroatoms. The van der Waals surface area contributed by atoms with Gasteiger partial charge in [0.05, 0.1) is 23.4 Å². The standard InChI is InChI=1S/C30H46O5/c1-27(2,3)26(31)35-19-34-22-10-13-28(4)21(17-22)8-9-25-24(28)11-14-29(5)23(12-15-30(25,29)32)20-7-6-16-33-18-20/h6-7,18,21-25,32H,8-17,19H2,1-5H3. The third kappa shape index (κ3) is 4.09. The van der Waals surface area contributed by atoms with Crippen LogP contribution in [0.4, 0.5) is 0 Å². The highest BCUT2D eigenvalue weighted by Crippen LogP contribution is 2.70. The van der Waals surface area contributed by atoms with Gasteiger partial charge in [-0.3, -0.25) is 4.79 Å². The summed E-state index contributed by atoms with van der Waals surface area (Å²) < 4.78 is 17.1. The minimum atomic E-state index is -0.588. The number of esters is 1. The summed E-state index contributed by atoms with van der Waals surface area (Å²) in [5.74, 6) is 1.74. The molecule has 5 rings (SSSR count). The average molecular weight is 487 g/mol. The zero-order chi connectivity index (χ0) is 25.1. The maximum absolute atomic E-state index is 12.4. The Labute approximate surface area is 211 Å². The molecule has 0 bridgehead atoms. The van der Waals surface area contributed by atoms with Crippen LogP contribution in [-0.2, 0) is 19.0 Å². The Kier molecular flexibility index (Phi) is 6.44. The Morgan fingerprint density at radius 2 is 1.89 bits per heavy atom. The zero-order valence-corrected chi connectivity index (χ0v) is 22.5. The third-order valence-corrected chi connectivity index (χ3v) is 11.0. The van der Waals surface area contributed by atoms with Crippen LogP contribution in [0.2, 0.25) is 0 Å². The fraction of sp³-hybridized carbons (Fsp3) is 0.833. The van der Waals surface area contributed by atoms with Crippen molar-refractivity contribution in [2.45, 2.75) is 104 Å². The zero-order valence-electron chi connectivity index (χ0n) is 22.5. The number of carbonyl (C=O) groups excluding carboxylic acids is 1. The van der Waals surface area contributed by atoms with Crippen LogP contribution in [0.5, 0.6) is 0 Å². The molecule has 1 aliphatic heterocycles. The van der Waals surface area contributed by atoms with Gasteiger partial charge in [-0.05, 0) is 119 Å². The Morgan fingerprint density at radius 1 is 1.09 bits per heavy atom. The molecule has 0 aromatic carbocycles. The van der Waals surface area contributed by atoms with Crippen molar-refractivity contribution in [2.24, 2.45) is 39.9 Å². The molecule has 196 valence electrons. The van der Waals surface area contributed by atoms with E-state index in [9.17, 15) is 9.90 Å². The van der Waals surface area contributed by atoms with Crippen LogP contribution >= 0.6 is 0 Å². The summed E-state index contributed by atoms with van der Waals surface area (Å²) in [6.07, 6.45) is 16.2. The predicted molar refractivity (Wildman–Crippen MR) is 135 cm³/mol. The smallest absolute Gasteiger partial charge is 0.313 e. The summed E-state index contributed by atoms with van der Waals surface area (Å²) >= 11 is 0. The lowest BCUT2D eigenvalue weighted by Gasteiger charge is -2.63. The number of ether oxygens (including phenoxy) is 3. The minimum Gasteiger partial charge on any atom is -0.497 e. The Hall–Kier alpha value is -1.33. The van der Waals surface area contributed by atoms with Gasteiger partial charge in [0.15, 0.2) is 6.79 Å². The van der Waals surface area contributed by atoms with Crippen molar-refractivity contribution in [1.82, 2.24) is 0 Å². The molecule has 4 aliphatic carbocycles. The van der Waals surface area contributed by atoms with E-state index in [-0.39, 0.29) is 29.7 Å². The van der Waals surface area contributed by atoms with Crippen molar-refractivity contribution < 1.29 is 24.1 Å². The van der Waals surface area contributed by atoms with Crippen molar-refractivity contribution in [3.8, 4) is 0 Å². The lowest BCUT2D eigenvalue weighted by atomic mass is 9.43. The molecule has 1 N–H and O–H groups in total. The number of aliphatic hydroxyl groups is 1. The molecule has 0 aromatic rings. The normalized spacial score (nSPS) is 45.0. The second-order valence-corrected chi connectivity index (χ2v) is 13.7. The lowest BCUT2D eigenvalue weighted by Crippen LogP contribution is -2.62. The number of hydrogen-bond donors (Lipinski definition) is 1. The minimum absolute atomic E-state index is 0.0593. The molecule has 1 heterocycles. The van der Waals surface area contributed by atoms with Gasteiger partial charge < -0.3 is 19.3 Å². The van der Waals surface area contributed by atoms with Gasteiger partial charge in [0.25, 0.3) is 0 Å². The van der Waals surface area contributed by atoms with Crippen molar-refractivity contribution in [1.29, 1.82) is 0 Å². The van der Waals surface area contributed by atoms with E-state index in [4.69, 9.17) is 14.2 Å². The van der Waals surface area contributed by atoms with Gasteiger partial charge in [0.1, 0.15) is 6.61 Å². The van der Waals surface area contributed by atoms with Crippen molar-refractivity contribution >= 4 is 5.97 Å². The Bertz CT molecular complexity index is 886. The highest BCUT2D eigenvalue weighted by molar-refractivity contribution is 5.75. The van der Waals surface area contributed by atoms with Crippen LogP contribution in [0.25, 0.3) is 0 Å². The maximum atomic E-state index is 12.4. The van der Waals surface area contributed by atoms with E-state index in [1.165, 1.54) is 12.0 Å². The highest BCUT2D eigenvalue weighted by atomic mass is 16.7.